The predicted octanol–water partition coefficient (Wildman–Crippen LogP) is 2.10. The van der Waals surface area contributed by atoms with Crippen molar-refractivity contribution in [3.8, 4) is 0 Å². The zero-order valence-corrected chi connectivity index (χ0v) is 12.3. The Kier molecular flexibility index (Phi) is 3.68. The van der Waals surface area contributed by atoms with E-state index in [4.69, 9.17) is 5.73 Å². The van der Waals surface area contributed by atoms with E-state index in [0.717, 1.165) is 24.8 Å². The Balaban J connectivity index is 1.90. The van der Waals surface area contributed by atoms with Gasteiger partial charge in [-0.25, -0.2) is 9.69 Å². The highest BCUT2D eigenvalue weighted by atomic mass is 16.2. The molecule has 3 rings (SSSR count). The van der Waals surface area contributed by atoms with Gasteiger partial charge in [0, 0.05) is 13.1 Å². The number of piperidine rings is 1. The monoisotopic (exact) mass is 287 g/mol. The second-order valence-corrected chi connectivity index (χ2v) is 5.84. The standard InChI is InChI=1S/C16H21N3O2/c1-2-11-6-7-18-14(9-11)15(20)19(16(18)21)13-5-3-4-12(8-13)10-17/h3-5,8,11,14H,2,6-7,9-10,17H2,1H3. The van der Waals surface area contributed by atoms with E-state index in [1.807, 2.05) is 18.2 Å². The van der Waals surface area contributed by atoms with Crippen molar-refractivity contribution in [3.05, 3.63) is 29.8 Å². The Labute approximate surface area is 124 Å². The fraction of sp³-hybridized carbons (Fsp3) is 0.500. The maximum atomic E-state index is 12.6. The highest BCUT2D eigenvalue weighted by molar-refractivity contribution is 6.21. The molecule has 0 aliphatic carbocycles. The Hall–Kier alpha value is -1.88. The lowest BCUT2D eigenvalue weighted by Gasteiger charge is -2.31. The number of rotatable bonds is 3. The molecule has 1 aromatic rings. The summed E-state index contributed by atoms with van der Waals surface area (Å²) in [6, 6.07) is 6.89. The van der Waals surface area contributed by atoms with Crippen LogP contribution in [0.5, 0.6) is 0 Å². The summed E-state index contributed by atoms with van der Waals surface area (Å²) >= 11 is 0. The third-order valence-electron chi connectivity index (χ3n) is 4.64. The second-order valence-electron chi connectivity index (χ2n) is 5.84. The van der Waals surface area contributed by atoms with Gasteiger partial charge in [0.15, 0.2) is 0 Å². The maximum absolute atomic E-state index is 12.6. The van der Waals surface area contributed by atoms with E-state index in [1.165, 1.54) is 4.90 Å². The van der Waals surface area contributed by atoms with Crippen LogP contribution in [0.15, 0.2) is 24.3 Å². The first-order chi connectivity index (χ1) is 10.2. The molecular weight excluding hydrogens is 266 g/mol. The molecule has 2 fully saturated rings. The third kappa shape index (κ3) is 2.31. The predicted molar refractivity (Wildman–Crippen MR) is 80.7 cm³/mol. The van der Waals surface area contributed by atoms with Crippen LogP contribution in [-0.2, 0) is 11.3 Å². The van der Waals surface area contributed by atoms with Crippen molar-refractivity contribution in [1.82, 2.24) is 4.90 Å². The molecule has 3 amide bonds. The van der Waals surface area contributed by atoms with Crippen molar-refractivity contribution in [2.45, 2.75) is 38.8 Å². The Morgan fingerprint density at radius 3 is 2.86 bits per heavy atom. The van der Waals surface area contributed by atoms with Crippen LogP contribution in [0.25, 0.3) is 0 Å². The molecule has 2 heterocycles. The van der Waals surface area contributed by atoms with Crippen LogP contribution in [0.4, 0.5) is 10.5 Å². The zero-order valence-electron chi connectivity index (χ0n) is 12.3. The van der Waals surface area contributed by atoms with Crippen LogP contribution in [0.1, 0.15) is 31.7 Å². The number of amides is 3. The number of carbonyl (C=O) groups excluding carboxylic acids is 2. The van der Waals surface area contributed by atoms with Crippen LogP contribution in [0.3, 0.4) is 0 Å². The summed E-state index contributed by atoms with van der Waals surface area (Å²) in [4.78, 5) is 28.2. The lowest BCUT2D eigenvalue weighted by molar-refractivity contribution is -0.120. The molecule has 2 N–H and O–H groups in total. The van der Waals surface area contributed by atoms with E-state index in [2.05, 4.69) is 6.92 Å². The van der Waals surface area contributed by atoms with Crippen molar-refractivity contribution in [3.63, 3.8) is 0 Å². The van der Waals surface area contributed by atoms with Gasteiger partial charge in [0.2, 0.25) is 0 Å². The van der Waals surface area contributed by atoms with Crippen molar-refractivity contribution in [2.75, 3.05) is 11.4 Å². The molecule has 2 atom stereocenters. The summed E-state index contributed by atoms with van der Waals surface area (Å²) in [6.45, 7) is 3.22. The van der Waals surface area contributed by atoms with Gasteiger partial charge in [-0.2, -0.15) is 0 Å². The molecular formula is C16H21N3O2. The number of hydrogen-bond acceptors (Lipinski definition) is 3. The normalized spacial score (nSPS) is 25.4. The SMILES string of the molecule is CCC1CCN2C(=O)N(c3cccc(CN)c3)C(=O)C2C1. The summed E-state index contributed by atoms with van der Waals surface area (Å²) < 4.78 is 0. The van der Waals surface area contributed by atoms with Crippen LogP contribution < -0.4 is 10.6 Å². The summed E-state index contributed by atoms with van der Waals surface area (Å²) in [5.41, 5.74) is 7.20. The molecule has 0 bridgehead atoms. The summed E-state index contributed by atoms with van der Waals surface area (Å²) in [5.74, 6) is 0.450. The van der Waals surface area contributed by atoms with Gasteiger partial charge < -0.3 is 10.6 Å². The van der Waals surface area contributed by atoms with E-state index in [-0.39, 0.29) is 18.0 Å². The van der Waals surface area contributed by atoms with Gasteiger partial charge in [-0.1, -0.05) is 25.5 Å². The van der Waals surface area contributed by atoms with Crippen molar-refractivity contribution in [1.29, 1.82) is 0 Å². The minimum Gasteiger partial charge on any atom is -0.326 e. The molecule has 5 heteroatoms. The third-order valence-corrected chi connectivity index (χ3v) is 4.64. The highest BCUT2D eigenvalue weighted by Crippen LogP contribution is 2.34. The number of hydrogen-bond donors (Lipinski definition) is 1. The zero-order chi connectivity index (χ0) is 15.0. The van der Waals surface area contributed by atoms with Gasteiger partial charge in [-0.15, -0.1) is 0 Å². The first-order valence-electron chi connectivity index (χ1n) is 7.59. The van der Waals surface area contributed by atoms with E-state index in [9.17, 15) is 9.59 Å². The van der Waals surface area contributed by atoms with Gasteiger partial charge in [-0.3, -0.25) is 4.79 Å². The fourth-order valence-corrected chi connectivity index (χ4v) is 3.30. The topological polar surface area (TPSA) is 66.6 Å². The number of nitrogens with zero attached hydrogens (tertiary/aromatic N) is 2. The van der Waals surface area contributed by atoms with E-state index >= 15 is 0 Å². The van der Waals surface area contributed by atoms with Crippen LogP contribution >= 0.6 is 0 Å². The quantitative estimate of drug-likeness (QED) is 0.866. The van der Waals surface area contributed by atoms with Gasteiger partial charge in [0.05, 0.1) is 5.69 Å². The Morgan fingerprint density at radius 1 is 1.33 bits per heavy atom. The summed E-state index contributed by atoms with van der Waals surface area (Å²) in [7, 11) is 0. The van der Waals surface area contributed by atoms with Crippen molar-refractivity contribution in [2.24, 2.45) is 11.7 Å². The maximum Gasteiger partial charge on any atom is 0.332 e. The molecule has 2 aliphatic rings. The second kappa shape index (κ2) is 5.48. The van der Waals surface area contributed by atoms with Gasteiger partial charge in [0.1, 0.15) is 6.04 Å². The minimum absolute atomic E-state index is 0.0904. The van der Waals surface area contributed by atoms with Crippen LogP contribution in [0.2, 0.25) is 0 Å². The lowest BCUT2D eigenvalue weighted by Crippen LogP contribution is -2.42. The Morgan fingerprint density at radius 2 is 2.14 bits per heavy atom. The van der Waals surface area contributed by atoms with E-state index < -0.39 is 0 Å². The number of urea groups is 1. The van der Waals surface area contributed by atoms with Gasteiger partial charge >= 0.3 is 6.03 Å². The number of carbonyl (C=O) groups is 2. The van der Waals surface area contributed by atoms with Crippen LogP contribution in [0, 0.1) is 5.92 Å². The van der Waals surface area contributed by atoms with E-state index in [0.29, 0.717) is 24.7 Å². The number of anilines is 1. The van der Waals surface area contributed by atoms with Gasteiger partial charge in [-0.05, 0) is 36.5 Å². The lowest BCUT2D eigenvalue weighted by atomic mass is 9.89. The first kappa shape index (κ1) is 14.1. The van der Waals surface area contributed by atoms with Gasteiger partial charge in [0.25, 0.3) is 5.91 Å². The number of imide groups is 1. The average molecular weight is 287 g/mol. The first-order valence-corrected chi connectivity index (χ1v) is 7.59. The average Bonchev–Trinajstić information content (AvgIpc) is 2.78. The molecule has 0 saturated carbocycles. The largest absolute Gasteiger partial charge is 0.332 e. The minimum atomic E-state index is -0.280. The van der Waals surface area contributed by atoms with Crippen molar-refractivity contribution < 1.29 is 9.59 Å². The molecule has 2 unspecified atom stereocenters. The summed E-state index contributed by atoms with van der Waals surface area (Å²) in [6.07, 6.45) is 2.84. The molecule has 0 spiro atoms. The molecule has 0 radical (unpaired) electrons. The van der Waals surface area contributed by atoms with Crippen molar-refractivity contribution >= 4 is 17.6 Å². The molecule has 21 heavy (non-hydrogen) atoms. The molecule has 5 nitrogen and oxygen atoms in total. The highest BCUT2D eigenvalue weighted by Gasteiger charge is 2.48. The Bertz CT molecular complexity index is 572. The fourth-order valence-electron chi connectivity index (χ4n) is 3.30. The molecule has 0 aromatic heterocycles. The number of benzene rings is 1. The molecule has 2 aliphatic heterocycles. The molecule has 112 valence electrons. The molecule has 2 saturated heterocycles. The number of nitrogens with two attached hydrogens (primary N) is 1. The summed E-state index contributed by atoms with van der Waals surface area (Å²) in [5, 5.41) is 0. The van der Waals surface area contributed by atoms with Crippen LogP contribution in [-0.4, -0.2) is 29.4 Å². The molecule has 1 aromatic carbocycles. The van der Waals surface area contributed by atoms with E-state index in [1.54, 1.807) is 11.0 Å². The smallest absolute Gasteiger partial charge is 0.326 e. The number of fused-ring (bicyclic) bond motifs is 1.